The average molecular weight is 433 g/mol. The number of furan rings is 1. The Kier molecular flexibility index (Phi) is 7.70. The van der Waals surface area contributed by atoms with Crippen molar-refractivity contribution in [3.63, 3.8) is 0 Å². The number of carbonyl (C=O) groups excluding carboxylic acids is 1. The zero-order valence-electron chi connectivity index (χ0n) is 17.1. The Bertz CT molecular complexity index is 928. The molecule has 2 heterocycles. The first-order chi connectivity index (χ1) is 14.4. The van der Waals surface area contributed by atoms with Crippen molar-refractivity contribution in [2.45, 2.75) is 19.3 Å². The number of piperidine rings is 1. The second-order valence-corrected chi connectivity index (χ2v) is 9.31. The molecular weight excluding hydrogens is 404 g/mol. The monoisotopic (exact) mass is 432 g/mol. The summed E-state index contributed by atoms with van der Waals surface area (Å²) in [7, 11) is -1.74. The first kappa shape index (κ1) is 22.1. The van der Waals surface area contributed by atoms with Crippen LogP contribution in [0.4, 0.5) is 0 Å². The summed E-state index contributed by atoms with van der Waals surface area (Å²) < 4.78 is 37.7. The Labute approximate surface area is 177 Å². The molecule has 0 bridgehead atoms. The number of sulfonamides is 1. The van der Waals surface area contributed by atoms with Crippen LogP contribution in [0.3, 0.4) is 0 Å². The molecule has 0 radical (unpaired) electrons. The summed E-state index contributed by atoms with van der Waals surface area (Å²) >= 11 is 0. The Hall–Kier alpha value is -2.58. The topological polar surface area (TPSA) is 88.9 Å². The molecule has 2 aromatic rings. The summed E-state index contributed by atoms with van der Waals surface area (Å²) in [6.07, 6.45) is 6.75. The molecule has 1 amide bonds. The molecule has 0 saturated carbocycles. The Morgan fingerprint density at radius 3 is 2.60 bits per heavy atom. The van der Waals surface area contributed by atoms with Gasteiger partial charge in [-0.05, 0) is 61.1 Å². The predicted octanol–water partition coefficient (Wildman–Crippen LogP) is 2.70. The fraction of sp³-hybridized carbons (Fsp3) is 0.409. The Balaban J connectivity index is 1.38. The smallest absolute Gasteiger partial charge is 0.246 e. The second-order valence-electron chi connectivity index (χ2n) is 7.38. The van der Waals surface area contributed by atoms with Gasteiger partial charge in [-0.1, -0.05) is 12.1 Å². The molecule has 7 nitrogen and oxygen atoms in total. The molecular formula is C22H28N2O5S. The van der Waals surface area contributed by atoms with Crippen LogP contribution in [-0.4, -0.2) is 51.7 Å². The number of rotatable bonds is 9. The minimum absolute atomic E-state index is 0.0498. The summed E-state index contributed by atoms with van der Waals surface area (Å²) in [6, 6.07) is 11.0. The Morgan fingerprint density at radius 1 is 1.23 bits per heavy atom. The van der Waals surface area contributed by atoms with Gasteiger partial charge in [-0.2, -0.15) is 0 Å². The highest BCUT2D eigenvalue weighted by molar-refractivity contribution is 7.89. The van der Waals surface area contributed by atoms with Crippen molar-refractivity contribution in [2.75, 3.05) is 32.5 Å². The first-order valence-corrected chi connectivity index (χ1v) is 11.7. The highest BCUT2D eigenvalue weighted by Crippen LogP contribution is 2.18. The minimum Gasteiger partial charge on any atom is -0.497 e. The molecule has 0 aliphatic carbocycles. The molecule has 1 aliphatic rings. The van der Waals surface area contributed by atoms with Gasteiger partial charge in [0.2, 0.25) is 15.9 Å². The molecule has 1 aromatic carbocycles. The van der Waals surface area contributed by atoms with Gasteiger partial charge in [-0.15, -0.1) is 0 Å². The van der Waals surface area contributed by atoms with E-state index in [0.29, 0.717) is 31.8 Å². The highest BCUT2D eigenvalue weighted by Gasteiger charge is 2.23. The lowest BCUT2D eigenvalue weighted by Gasteiger charge is -2.31. The van der Waals surface area contributed by atoms with Crippen LogP contribution in [0.15, 0.2) is 53.2 Å². The summed E-state index contributed by atoms with van der Waals surface area (Å²) in [5.74, 6) is 1.63. The van der Waals surface area contributed by atoms with E-state index in [9.17, 15) is 13.2 Å². The quantitative estimate of drug-likeness (QED) is 0.616. The van der Waals surface area contributed by atoms with Crippen LogP contribution in [0.25, 0.3) is 6.08 Å². The normalized spacial score (nSPS) is 15.6. The summed E-state index contributed by atoms with van der Waals surface area (Å²) in [5, 5.41) is 0. The van der Waals surface area contributed by atoms with Crippen molar-refractivity contribution in [3.05, 3.63) is 60.1 Å². The van der Waals surface area contributed by atoms with Gasteiger partial charge in [0.15, 0.2) is 0 Å². The SMILES string of the molecule is COc1ccc(CCS(=O)(=O)NCC2CCN(C(=O)C=Cc3ccco3)CC2)cc1. The molecule has 1 aromatic heterocycles. The third-order valence-corrected chi connectivity index (χ3v) is 6.62. The third kappa shape index (κ3) is 6.74. The maximum Gasteiger partial charge on any atom is 0.246 e. The average Bonchev–Trinajstić information content (AvgIpc) is 3.29. The summed E-state index contributed by atoms with van der Waals surface area (Å²) in [4.78, 5) is 14.0. The number of aryl methyl sites for hydroxylation is 1. The number of carbonyl (C=O) groups is 1. The van der Waals surface area contributed by atoms with Gasteiger partial charge in [0.25, 0.3) is 0 Å². The number of benzene rings is 1. The molecule has 1 saturated heterocycles. The Morgan fingerprint density at radius 2 is 1.97 bits per heavy atom. The van der Waals surface area contributed by atoms with Crippen molar-refractivity contribution >= 4 is 22.0 Å². The lowest BCUT2D eigenvalue weighted by atomic mass is 9.97. The van der Waals surface area contributed by atoms with Crippen LogP contribution in [0.2, 0.25) is 0 Å². The fourth-order valence-corrected chi connectivity index (χ4v) is 4.50. The van der Waals surface area contributed by atoms with Gasteiger partial charge in [0.1, 0.15) is 11.5 Å². The van der Waals surface area contributed by atoms with Crippen LogP contribution < -0.4 is 9.46 Å². The van der Waals surface area contributed by atoms with Gasteiger partial charge in [0.05, 0.1) is 19.1 Å². The van der Waals surface area contributed by atoms with Gasteiger partial charge < -0.3 is 14.1 Å². The van der Waals surface area contributed by atoms with Crippen molar-refractivity contribution in [2.24, 2.45) is 5.92 Å². The minimum atomic E-state index is -3.34. The van der Waals surface area contributed by atoms with E-state index in [1.807, 2.05) is 24.3 Å². The lowest BCUT2D eigenvalue weighted by molar-refractivity contribution is -0.127. The van der Waals surface area contributed by atoms with Crippen LogP contribution in [-0.2, 0) is 21.2 Å². The fourth-order valence-electron chi connectivity index (χ4n) is 3.36. The zero-order valence-corrected chi connectivity index (χ0v) is 17.9. The van der Waals surface area contributed by atoms with E-state index < -0.39 is 10.0 Å². The van der Waals surface area contributed by atoms with Crippen molar-refractivity contribution in [1.82, 2.24) is 9.62 Å². The van der Waals surface area contributed by atoms with Crippen LogP contribution in [0.5, 0.6) is 5.75 Å². The molecule has 1 fully saturated rings. The van der Waals surface area contributed by atoms with E-state index >= 15 is 0 Å². The largest absolute Gasteiger partial charge is 0.497 e. The molecule has 3 rings (SSSR count). The zero-order chi connectivity index (χ0) is 21.4. The maximum absolute atomic E-state index is 12.3. The number of nitrogens with one attached hydrogen (secondary N) is 1. The van der Waals surface area contributed by atoms with Gasteiger partial charge in [0, 0.05) is 25.7 Å². The van der Waals surface area contributed by atoms with Crippen molar-refractivity contribution in [1.29, 1.82) is 0 Å². The number of nitrogens with zero attached hydrogens (tertiary/aromatic N) is 1. The molecule has 30 heavy (non-hydrogen) atoms. The molecule has 0 unspecified atom stereocenters. The van der Waals surface area contributed by atoms with Crippen LogP contribution in [0, 0.1) is 5.92 Å². The van der Waals surface area contributed by atoms with Gasteiger partial charge in [-0.25, -0.2) is 13.1 Å². The number of amides is 1. The summed E-state index contributed by atoms with van der Waals surface area (Å²) in [6.45, 7) is 1.66. The third-order valence-electron chi connectivity index (χ3n) is 5.27. The lowest BCUT2D eigenvalue weighted by Crippen LogP contribution is -2.41. The van der Waals surface area contributed by atoms with Crippen molar-refractivity contribution in [3.8, 4) is 5.75 Å². The van der Waals surface area contributed by atoms with Gasteiger partial charge in [-0.3, -0.25) is 4.79 Å². The molecule has 0 atom stereocenters. The van der Waals surface area contributed by atoms with Crippen molar-refractivity contribution < 1.29 is 22.4 Å². The predicted molar refractivity (Wildman–Crippen MR) is 116 cm³/mol. The van der Waals surface area contributed by atoms with Crippen LogP contribution in [0.1, 0.15) is 24.2 Å². The first-order valence-electron chi connectivity index (χ1n) is 10.1. The number of ether oxygens (including phenoxy) is 1. The molecule has 162 valence electrons. The van der Waals surface area contributed by atoms with E-state index in [-0.39, 0.29) is 17.6 Å². The number of hydrogen-bond acceptors (Lipinski definition) is 5. The maximum atomic E-state index is 12.3. The van der Waals surface area contributed by atoms with Gasteiger partial charge >= 0.3 is 0 Å². The van der Waals surface area contributed by atoms with E-state index in [1.54, 1.807) is 36.5 Å². The van der Waals surface area contributed by atoms with E-state index in [4.69, 9.17) is 9.15 Å². The van der Waals surface area contributed by atoms with E-state index in [2.05, 4.69) is 4.72 Å². The second kappa shape index (κ2) is 10.4. The van der Waals surface area contributed by atoms with E-state index in [1.165, 1.54) is 6.08 Å². The number of methoxy groups -OCH3 is 1. The molecule has 1 N–H and O–H groups in total. The number of likely N-dealkylation sites (tertiary alicyclic amines) is 1. The standard InChI is InChI=1S/C22H28N2O5S/c1-28-20-6-4-18(5-7-20)12-16-30(26,27)23-17-19-10-13-24(14-11-19)22(25)9-8-21-3-2-15-29-21/h2-9,15,19,23H,10-14,16-17H2,1H3. The summed E-state index contributed by atoms with van der Waals surface area (Å²) in [5.41, 5.74) is 0.954. The molecule has 8 heteroatoms. The van der Waals surface area contributed by atoms with E-state index in [0.717, 1.165) is 24.2 Å². The molecule has 1 aliphatic heterocycles. The molecule has 0 spiro atoms. The van der Waals surface area contributed by atoms with Crippen LogP contribution >= 0.6 is 0 Å². The number of hydrogen-bond donors (Lipinski definition) is 1. The highest BCUT2D eigenvalue weighted by atomic mass is 32.2.